The van der Waals surface area contributed by atoms with Gasteiger partial charge < -0.3 is 10.2 Å². The van der Waals surface area contributed by atoms with Crippen molar-refractivity contribution < 1.29 is 22.8 Å². The first kappa shape index (κ1) is 19.9. The number of rotatable bonds is 6. The van der Waals surface area contributed by atoms with Gasteiger partial charge in [0.25, 0.3) is 5.91 Å². The fourth-order valence-electron chi connectivity index (χ4n) is 3.21. The number of aromatic nitrogens is 2. The molecule has 1 aliphatic rings. The van der Waals surface area contributed by atoms with E-state index in [1.54, 1.807) is 11.8 Å². The number of hydrogen-bond donors (Lipinski definition) is 1. The number of amides is 2. The molecule has 2 amide bonds. The van der Waals surface area contributed by atoms with Gasteiger partial charge in [0.2, 0.25) is 5.91 Å². The van der Waals surface area contributed by atoms with E-state index < -0.39 is 11.7 Å². The Balaban J connectivity index is 1.62. The number of benzene rings is 1. The second-order valence-electron chi connectivity index (χ2n) is 6.70. The van der Waals surface area contributed by atoms with Crippen molar-refractivity contribution in [3.63, 3.8) is 0 Å². The van der Waals surface area contributed by atoms with Gasteiger partial charge in [-0.25, -0.2) is 4.68 Å². The van der Waals surface area contributed by atoms with Crippen LogP contribution in [0, 0.1) is 6.92 Å². The minimum Gasteiger partial charge on any atom is -0.352 e. The van der Waals surface area contributed by atoms with Crippen molar-refractivity contribution in [1.29, 1.82) is 0 Å². The number of hydrogen-bond acceptors (Lipinski definition) is 3. The maximum atomic E-state index is 12.9. The standard InChI is InChI=1S/C19H21F3N4O2/c1-13-16(18(28)23-8-4-10-25-9-3-7-17(25)27)12-24-26(13)15-6-2-5-14(11-15)19(20,21)22/h2,5-6,11-12H,3-4,7-10H2,1H3,(H,23,28). The predicted molar refractivity (Wildman–Crippen MR) is 96.1 cm³/mol. The van der Waals surface area contributed by atoms with Crippen LogP contribution in [0.5, 0.6) is 0 Å². The van der Waals surface area contributed by atoms with Crippen LogP contribution in [0.3, 0.4) is 0 Å². The second-order valence-corrected chi connectivity index (χ2v) is 6.70. The van der Waals surface area contributed by atoms with Gasteiger partial charge in [-0.15, -0.1) is 0 Å². The number of carbonyl (C=O) groups excluding carboxylic acids is 2. The molecular formula is C19H21F3N4O2. The molecule has 6 nitrogen and oxygen atoms in total. The van der Waals surface area contributed by atoms with Crippen molar-refractivity contribution in [3.05, 3.63) is 47.3 Å². The van der Waals surface area contributed by atoms with E-state index in [0.717, 1.165) is 25.1 Å². The molecule has 0 atom stereocenters. The fraction of sp³-hybridized carbons (Fsp3) is 0.421. The Morgan fingerprint density at radius 1 is 1.32 bits per heavy atom. The lowest BCUT2D eigenvalue weighted by molar-refractivity contribution is -0.137. The van der Waals surface area contributed by atoms with Crippen molar-refractivity contribution >= 4 is 11.8 Å². The van der Waals surface area contributed by atoms with Crippen LogP contribution in [0.4, 0.5) is 13.2 Å². The third-order valence-corrected chi connectivity index (χ3v) is 4.73. The third-order valence-electron chi connectivity index (χ3n) is 4.73. The van der Waals surface area contributed by atoms with Crippen molar-refractivity contribution in [2.24, 2.45) is 0 Å². The Hall–Kier alpha value is -2.84. The van der Waals surface area contributed by atoms with Crippen LogP contribution in [0.2, 0.25) is 0 Å². The summed E-state index contributed by atoms with van der Waals surface area (Å²) < 4.78 is 40.0. The highest BCUT2D eigenvalue weighted by atomic mass is 19.4. The van der Waals surface area contributed by atoms with E-state index in [1.807, 2.05) is 0 Å². The van der Waals surface area contributed by atoms with Crippen molar-refractivity contribution in [2.45, 2.75) is 32.4 Å². The van der Waals surface area contributed by atoms with E-state index in [2.05, 4.69) is 10.4 Å². The van der Waals surface area contributed by atoms with E-state index >= 15 is 0 Å². The molecule has 0 aliphatic carbocycles. The van der Waals surface area contributed by atoms with Crippen molar-refractivity contribution in [3.8, 4) is 5.69 Å². The number of likely N-dealkylation sites (tertiary alicyclic amines) is 1. The topological polar surface area (TPSA) is 67.2 Å². The molecule has 3 rings (SSSR count). The summed E-state index contributed by atoms with van der Waals surface area (Å²) in [7, 11) is 0. The van der Waals surface area contributed by atoms with Gasteiger partial charge in [0.05, 0.1) is 28.7 Å². The van der Waals surface area contributed by atoms with Crippen LogP contribution >= 0.6 is 0 Å². The molecule has 1 saturated heterocycles. The maximum absolute atomic E-state index is 12.9. The zero-order chi connectivity index (χ0) is 20.3. The van der Waals surface area contributed by atoms with Gasteiger partial charge in [0.1, 0.15) is 0 Å². The molecule has 150 valence electrons. The van der Waals surface area contributed by atoms with E-state index in [1.165, 1.54) is 23.0 Å². The van der Waals surface area contributed by atoms with Crippen molar-refractivity contribution in [1.82, 2.24) is 20.0 Å². The molecule has 1 N–H and O–H groups in total. The van der Waals surface area contributed by atoms with E-state index in [0.29, 0.717) is 37.2 Å². The lowest BCUT2D eigenvalue weighted by Crippen LogP contribution is -2.30. The highest BCUT2D eigenvalue weighted by Gasteiger charge is 2.30. The first-order valence-electron chi connectivity index (χ1n) is 9.05. The Morgan fingerprint density at radius 2 is 2.11 bits per heavy atom. The van der Waals surface area contributed by atoms with Crippen LogP contribution in [0.15, 0.2) is 30.5 Å². The lowest BCUT2D eigenvalue weighted by Gasteiger charge is -2.15. The Bertz CT molecular complexity index is 876. The number of carbonyl (C=O) groups is 2. The zero-order valence-corrected chi connectivity index (χ0v) is 15.4. The van der Waals surface area contributed by atoms with Gasteiger partial charge in [-0.2, -0.15) is 18.3 Å². The number of halogens is 3. The average molecular weight is 394 g/mol. The Morgan fingerprint density at radius 3 is 2.79 bits per heavy atom. The average Bonchev–Trinajstić information content (AvgIpc) is 3.23. The molecule has 1 aliphatic heterocycles. The van der Waals surface area contributed by atoms with E-state index in [-0.39, 0.29) is 17.5 Å². The van der Waals surface area contributed by atoms with Gasteiger partial charge in [-0.1, -0.05) is 6.07 Å². The van der Waals surface area contributed by atoms with E-state index in [9.17, 15) is 22.8 Å². The van der Waals surface area contributed by atoms with Gasteiger partial charge >= 0.3 is 6.18 Å². The minimum atomic E-state index is -4.45. The van der Waals surface area contributed by atoms with Crippen LogP contribution in [0.1, 0.15) is 40.9 Å². The molecule has 1 aromatic carbocycles. The van der Waals surface area contributed by atoms with Crippen LogP contribution in [0.25, 0.3) is 5.69 Å². The first-order chi connectivity index (χ1) is 13.3. The highest BCUT2D eigenvalue weighted by Crippen LogP contribution is 2.30. The van der Waals surface area contributed by atoms with Crippen LogP contribution < -0.4 is 5.32 Å². The zero-order valence-electron chi connectivity index (χ0n) is 15.4. The third kappa shape index (κ3) is 4.35. The largest absolute Gasteiger partial charge is 0.416 e. The minimum absolute atomic E-state index is 0.143. The normalized spacial score (nSPS) is 14.6. The monoisotopic (exact) mass is 394 g/mol. The number of nitrogens with one attached hydrogen (secondary N) is 1. The smallest absolute Gasteiger partial charge is 0.352 e. The number of alkyl halides is 3. The predicted octanol–water partition coefficient (Wildman–Crippen LogP) is 2.94. The molecule has 0 bridgehead atoms. The molecule has 0 spiro atoms. The summed E-state index contributed by atoms with van der Waals surface area (Å²) in [6, 6.07) is 4.79. The molecular weight excluding hydrogens is 373 g/mol. The summed E-state index contributed by atoms with van der Waals surface area (Å²) in [6.45, 7) is 3.39. The first-order valence-corrected chi connectivity index (χ1v) is 9.05. The molecule has 0 unspecified atom stereocenters. The maximum Gasteiger partial charge on any atom is 0.416 e. The lowest BCUT2D eigenvalue weighted by atomic mass is 10.2. The summed E-state index contributed by atoms with van der Waals surface area (Å²) in [5, 5.41) is 6.84. The van der Waals surface area contributed by atoms with Gasteiger partial charge in [0.15, 0.2) is 0 Å². The number of nitrogens with zero attached hydrogens (tertiary/aromatic N) is 3. The molecule has 9 heteroatoms. The quantitative estimate of drug-likeness (QED) is 0.766. The van der Waals surface area contributed by atoms with Gasteiger partial charge in [0, 0.05) is 26.1 Å². The molecule has 2 aromatic rings. The molecule has 2 heterocycles. The highest BCUT2D eigenvalue weighted by molar-refractivity contribution is 5.95. The molecule has 1 aromatic heterocycles. The Labute approximate surface area is 160 Å². The fourth-order valence-corrected chi connectivity index (χ4v) is 3.21. The second kappa shape index (κ2) is 8.04. The van der Waals surface area contributed by atoms with Gasteiger partial charge in [-0.3, -0.25) is 9.59 Å². The van der Waals surface area contributed by atoms with E-state index in [4.69, 9.17) is 0 Å². The van der Waals surface area contributed by atoms with Crippen LogP contribution in [-0.2, 0) is 11.0 Å². The Kier molecular flexibility index (Phi) is 5.71. The molecule has 28 heavy (non-hydrogen) atoms. The summed E-state index contributed by atoms with van der Waals surface area (Å²) in [4.78, 5) is 25.7. The summed E-state index contributed by atoms with van der Waals surface area (Å²) in [6.07, 6.45) is -1.01. The summed E-state index contributed by atoms with van der Waals surface area (Å²) in [5.74, 6) is -0.201. The van der Waals surface area contributed by atoms with Gasteiger partial charge in [-0.05, 0) is 38.0 Å². The molecule has 1 fully saturated rings. The van der Waals surface area contributed by atoms with Crippen molar-refractivity contribution in [2.75, 3.05) is 19.6 Å². The molecule has 0 radical (unpaired) electrons. The summed E-state index contributed by atoms with van der Waals surface area (Å²) >= 11 is 0. The van der Waals surface area contributed by atoms with Crippen LogP contribution in [-0.4, -0.2) is 46.1 Å². The summed E-state index contributed by atoms with van der Waals surface area (Å²) in [5.41, 5.74) is 0.211. The molecule has 0 saturated carbocycles. The SMILES string of the molecule is Cc1c(C(=O)NCCCN2CCCC2=O)cnn1-c1cccc(C(F)(F)F)c1.